The van der Waals surface area contributed by atoms with Crippen LogP contribution in [0.2, 0.25) is 0 Å². The van der Waals surface area contributed by atoms with Gasteiger partial charge in [-0.3, -0.25) is 4.79 Å². The fourth-order valence-electron chi connectivity index (χ4n) is 1.77. The van der Waals surface area contributed by atoms with Gasteiger partial charge in [-0.05, 0) is 6.92 Å². The van der Waals surface area contributed by atoms with E-state index in [-0.39, 0.29) is 42.6 Å². The monoisotopic (exact) mass is 430 g/mol. The summed E-state index contributed by atoms with van der Waals surface area (Å²) < 4.78 is 2.11. The Balaban J connectivity index is 0. The van der Waals surface area contributed by atoms with Crippen LogP contribution < -0.4 is 28.4 Å². The van der Waals surface area contributed by atoms with E-state index in [4.69, 9.17) is 15.9 Å². The van der Waals surface area contributed by atoms with Crippen molar-refractivity contribution in [2.45, 2.75) is 26.8 Å². The quantitative estimate of drug-likeness (QED) is 0.287. The number of rotatable bonds is 5. The zero-order valence-electron chi connectivity index (χ0n) is 13.9. The number of halogens is 1. The van der Waals surface area contributed by atoms with Gasteiger partial charge in [-0.2, -0.15) is 4.57 Å². The zero-order valence-corrected chi connectivity index (χ0v) is 16.7. The molecule has 8 nitrogen and oxygen atoms in total. The molecule has 1 radical (unpaired) electrons. The van der Waals surface area contributed by atoms with Crippen molar-refractivity contribution in [2.75, 3.05) is 18.9 Å². The molecule has 2 rings (SSSR count). The molecule has 0 saturated heterocycles. The third-order valence-electron chi connectivity index (χ3n) is 3.03. The molecule has 2 aromatic rings. The normalized spacial score (nSPS) is 9.28. The molecule has 0 fully saturated rings. The summed E-state index contributed by atoms with van der Waals surface area (Å²) in [4.78, 5) is 18.8. The van der Waals surface area contributed by atoms with Gasteiger partial charge in [0.1, 0.15) is 11.6 Å². The minimum absolute atomic E-state index is 0. The molecular formula is C14H22ClMnN5O3S+2. The van der Waals surface area contributed by atoms with E-state index in [1.807, 2.05) is 19.4 Å². The summed E-state index contributed by atoms with van der Waals surface area (Å²) in [6, 6.07) is 0. The molecule has 0 aliphatic rings. The van der Waals surface area contributed by atoms with Crippen molar-refractivity contribution in [1.29, 1.82) is 0 Å². The molecule has 25 heavy (non-hydrogen) atoms. The molecule has 2 heterocycles. The fourth-order valence-corrected chi connectivity index (χ4v) is 2.75. The molecule has 2 aromatic heterocycles. The van der Waals surface area contributed by atoms with E-state index in [9.17, 15) is 4.79 Å². The molecule has 0 aromatic carbocycles. The number of aliphatic carboxylic acids is 1. The Hall–Kier alpha value is -1.29. The minimum atomic E-state index is -0.968. The smallest absolute Gasteiger partial charge is 1.00 e. The number of nitrogens with zero attached hydrogens (tertiary/aromatic N) is 3. The third kappa shape index (κ3) is 8.57. The maximum absolute atomic E-state index is 9.24. The summed E-state index contributed by atoms with van der Waals surface area (Å²) in [5.41, 5.74) is 14.6. The van der Waals surface area contributed by atoms with Crippen LogP contribution in [0.25, 0.3) is 0 Å². The van der Waals surface area contributed by atoms with E-state index >= 15 is 0 Å². The van der Waals surface area contributed by atoms with Crippen molar-refractivity contribution in [3.8, 4) is 0 Å². The van der Waals surface area contributed by atoms with E-state index in [2.05, 4.69) is 20.3 Å². The van der Waals surface area contributed by atoms with Gasteiger partial charge in [0, 0.05) is 26.1 Å². The number of aryl methyl sites for hydroxylation is 1. The van der Waals surface area contributed by atoms with Gasteiger partial charge in [-0.1, -0.05) is 11.3 Å². The Kier molecular flexibility index (Phi) is 13.5. The van der Waals surface area contributed by atoms with Gasteiger partial charge in [0.05, 0.1) is 17.0 Å². The van der Waals surface area contributed by atoms with Gasteiger partial charge in [-0.25, -0.2) is 9.97 Å². The Bertz CT molecular complexity index is 672. The van der Waals surface area contributed by atoms with Crippen molar-refractivity contribution < 1.29 is 49.1 Å². The molecule has 139 valence electrons. The van der Waals surface area contributed by atoms with Crippen LogP contribution in [0.1, 0.15) is 22.0 Å². The molecule has 0 unspecified atom stereocenters. The van der Waals surface area contributed by atoms with Gasteiger partial charge in [0.25, 0.3) is 0 Å². The van der Waals surface area contributed by atoms with Crippen LogP contribution in [0, 0.1) is 13.8 Å². The minimum Gasteiger partial charge on any atom is -1.00 e. The van der Waals surface area contributed by atoms with Crippen LogP contribution in [0.15, 0.2) is 11.7 Å². The second kappa shape index (κ2) is 13.0. The predicted octanol–water partition coefficient (Wildman–Crippen LogP) is -3.36. The molecule has 0 atom stereocenters. The average Bonchev–Trinajstić information content (AvgIpc) is 2.84. The molecule has 6 N–H and O–H groups in total. The number of carboxylic acid groups (broad SMARTS) is 1. The van der Waals surface area contributed by atoms with Gasteiger partial charge in [0.15, 0.2) is 12.2 Å². The summed E-state index contributed by atoms with van der Waals surface area (Å²) in [6.45, 7) is 4.44. The first kappa shape index (κ1) is 25.9. The summed E-state index contributed by atoms with van der Waals surface area (Å²) in [5, 5.41) is 16.6. The number of aliphatic hydroxyl groups excluding tert-OH is 1. The summed E-state index contributed by atoms with van der Waals surface area (Å²) in [7, 11) is 0. The van der Waals surface area contributed by atoms with Gasteiger partial charge in [-0.15, -0.1) is 0 Å². The third-order valence-corrected chi connectivity index (χ3v) is 4.17. The second-order valence-corrected chi connectivity index (χ2v) is 5.70. The number of hydrogen-bond donors (Lipinski definition) is 4. The zero-order chi connectivity index (χ0) is 17.4. The van der Waals surface area contributed by atoms with Gasteiger partial charge in [0.2, 0.25) is 5.51 Å². The topological polar surface area (TPSA) is 139 Å². The average molecular weight is 431 g/mol. The molecule has 0 bridgehead atoms. The van der Waals surface area contributed by atoms with E-state index < -0.39 is 5.97 Å². The number of thiazole rings is 1. The van der Waals surface area contributed by atoms with Crippen LogP contribution in [0.5, 0.6) is 0 Å². The van der Waals surface area contributed by atoms with Crippen LogP contribution in [-0.2, 0) is 34.8 Å². The van der Waals surface area contributed by atoms with Crippen molar-refractivity contribution >= 4 is 23.1 Å². The number of anilines is 1. The predicted molar refractivity (Wildman–Crippen MR) is 87.0 cm³/mol. The van der Waals surface area contributed by atoms with Crippen molar-refractivity contribution in [3.63, 3.8) is 0 Å². The Morgan fingerprint density at radius 1 is 1.40 bits per heavy atom. The molecular weight excluding hydrogens is 409 g/mol. The van der Waals surface area contributed by atoms with E-state index in [0.717, 1.165) is 11.3 Å². The maximum atomic E-state index is 9.24. The number of hydrogen-bond acceptors (Lipinski definition) is 7. The van der Waals surface area contributed by atoms with Crippen LogP contribution in [0.4, 0.5) is 5.82 Å². The Morgan fingerprint density at radius 2 is 2.00 bits per heavy atom. The summed E-state index contributed by atoms with van der Waals surface area (Å²) >= 11 is 1.65. The first-order chi connectivity index (χ1) is 10.9. The number of aliphatic hydroxyl groups is 1. The molecule has 0 aliphatic heterocycles. The van der Waals surface area contributed by atoms with Crippen molar-refractivity contribution in [1.82, 2.24) is 9.97 Å². The SMILES string of the molecule is Cc1ncc(C[n+]2csc(CCO)c2C)c(N)n1.NCC(=O)O.[Cl-].[Mn+2]. The number of carboxylic acids is 1. The van der Waals surface area contributed by atoms with E-state index in [0.29, 0.717) is 24.6 Å². The summed E-state index contributed by atoms with van der Waals surface area (Å²) in [6.07, 6.45) is 2.47. The number of nitrogens with two attached hydrogens (primary N) is 2. The molecule has 0 spiro atoms. The van der Waals surface area contributed by atoms with E-state index in [1.165, 1.54) is 4.88 Å². The first-order valence-corrected chi connectivity index (χ1v) is 7.84. The number of carbonyl (C=O) groups is 1. The van der Waals surface area contributed by atoms with Crippen LogP contribution >= 0.6 is 11.3 Å². The van der Waals surface area contributed by atoms with E-state index in [1.54, 1.807) is 17.5 Å². The Morgan fingerprint density at radius 3 is 2.48 bits per heavy atom. The van der Waals surface area contributed by atoms with Crippen LogP contribution in [0.3, 0.4) is 0 Å². The molecule has 0 amide bonds. The number of aromatic nitrogens is 3. The van der Waals surface area contributed by atoms with Gasteiger partial charge < -0.3 is 34.1 Å². The molecule has 11 heteroatoms. The van der Waals surface area contributed by atoms with Gasteiger partial charge >= 0.3 is 23.0 Å². The number of nitrogen functional groups attached to an aromatic ring is 1. The van der Waals surface area contributed by atoms with Crippen molar-refractivity contribution in [2.24, 2.45) is 5.73 Å². The molecule has 0 saturated carbocycles. The largest absolute Gasteiger partial charge is 2.00 e. The van der Waals surface area contributed by atoms with Crippen molar-refractivity contribution in [3.05, 3.63) is 33.7 Å². The molecule has 0 aliphatic carbocycles. The Labute approximate surface area is 167 Å². The first-order valence-electron chi connectivity index (χ1n) is 6.96. The second-order valence-electron chi connectivity index (χ2n) is 4.76. The standard InChI is InChI=1S/C12H17N4OS.C2H5NO2.ClH.Mn/c1-8-11(3-4-17)18-7-16(8)6-10-5-14-9(2)15-12(10)13;3-1-2(4)5;;/h5,7,17H,3-4,6H2,1-2H3,(H2,13,14,15);1,3H2,(H,4,5);1H;/q+1;;;+2/p-1. The maximum Gasteiger partial charge on any atom is 2.00 e. The fraction of sp³-hybridized carbons (Fsp3) is 0.429. The summed E-state index contributed by atoms with van der Waals surface area (Å²) in [5.74, 6) is 0.249. The van der Waals surface area contributed by atoms with Crippen LogP contribution in [-0.4, -0.2) is 39.3 Å².